The van der Waals surface area contributed by atoms with Crippen LogP contribution < -0.4 is 10.6 Å². The largest absolute Gasteiger partial charge is 0.481 e. The van der Waals surface area contributed by atoms with Crippen molar-refractivity contribution in [1.29, 1.82) is 0 Å². The molecule has 1 fully saturated rings. The van der Waals surface area contributed by atoms with E-state index in [0.717, 1.165) is 35.6 Å². The van der Waals surface area contributed by atoms with Crippen LogP contribution in [0.15, 0.2) is 42.5 Å². The molecule has 0 bridgehead atoms. The topological polar surface area (TPSA) is 95.5 Å². The fraction of sp³-hybridized carbons (Fsp3) is 0.409. The number of rotatable bonds is 6. The van der Waals surface area contributed by atoms with Gasteiger partial charge in [-0.3, -0.25) is 14.4 Å². The van der Waals surface area contributed by atoms with Crippen molar-refractivity contribution in [2.75, 3.05) is 6.54 Å². The van der Waals surface area contributed by atoms with E-state index in [9.17, 15) is 19.5 Å². The van der Waals surface area contributed by atoms with Gasteiger partial charge in [0.2, 0.25) is 11.8 Å². The zero-order valence-corrected chi connectivity index (χ0v) is 15.8. The normalized spacial score (nSPS) is 19.6. The van der Waals surface area contributed by atoms with Gasteiger partial charge in [-0.2, -0.15) is 0 Å². The summed E-state index contributed by atoms with van der Waals surface area (Å²) in [5.41, 5.74) is 0.908. The summed E-state index contributed by atoms with van der Waals surface area (Å²) < 4.78 is 0. The van der Waals surface area contributed by atoms with E-state index in [2.05, 4.69) is 10.6 Å². The van der Waals surface area contributed by atoms with E-state index >= 15 is 0 Å². The molecular weight excluding hydrogens is 356 g/mol. The molecule has 1 aliphatic carbocycles. The minimum absolute atomic E-state index is 0.146. The summed E-state index contributed by atoms with van der Waals surface area (Å²) in [5.74, 6) is -2.00. The second-order valence-electron chi connectivity index (χ2n) is 7.35. The summed E-state index contributed by atoms with van der Waals surface area (Å²) in [7, 11) is 0. The molecule has 6 nitrogen and oxygen atoms in total. The monoisotopic (exact) mass is 382 g/mol. The van der Waals surface area contributed by atoms with Gasteiger partial charge in [0.15, 0.2) is 0 Å². The summed E-state index contributed by atoms with van der Waals surface area (Å²) in [6.45, 7) is -0.146. The second kappa shape index (κ2) is 9.35. The first-order valence-electron chi connectivity index (χ1n) is 9.80. The van der Waals surface area contributed by atoms with Gasteiger partial charge in [0, 0.05) is 6.04 Å². The lowest BCUT2D eigenvalue weighted by atomic mass is 9.95. The molecule has 2 aromatic carbocycles. The van der Waals surface area contributed by atoms with Crippen LogP contribution in [0.5, 0.6) is 0 Å². The van der Waals surface area contributed by atoms with Gasteiger partial charge in [0.05, 0.1) is 18.9 Å². The molecule has 148 valence electrons. The predicted octanol–water partition coefficient (Wildman–Crippen LogP) is 2.65. The van der Waals surface area contributed by atoms with Crippen molar-refractivity contribution in [3.63, 3.8) is 0 Å². The highest BCUT2D eigenvalue weighted by Crippen LogP contribution is 2.24. The molecule has 2 atom stereocenters. The van der Waals surface area contributed by atoms with Crippen molar-refractivity contribution >= 4 is 28.6 Å². The molecule has 3 N–H and O–H groups in total. The van der Waals surface area contributed by atoms with E-state index in [1.807, 2.05) is 42.5 Å². The SMILES string of the molecule is O=C(Cc1cccc2ccccc12)NCC(=O)N[C@H]1CCCCC[C@H]1C(=O)O. The summed E-state index contributed by atoms with van der Waals surface area (Å²) in [5, 5.41) is 16.9. The van der Waals surface area contributed by atoms with Crippen LogP contribution >= 0.6 is 0 Å². The smallest absolute Gasteiger partial charge is 0.308 e. The van der Waals surface area contributed by atoms with E-state index in [4.69, 9.17) is 0 Å². The highest BCUT2D eigenvalue weighted by Gasteiger charge is 2.30. The number of carbonyl (C=O) groups excluding carboxylic acids is 2. The van der Waals surface area contributed by atoms with Crippen LogP contribution in [0.25, 0.3) is 10.8 Å². The Morgan fingerprint density at radius 2 is 1.68 bits per heavy atom. The van der Waals surface area contributed by atoms with E-state index in [0.29, 0.717) is 12.8 Å². The highest BCUT2D eigenvalue weighted by molar-refractivity contribution is 5.91. The van der Waals surface area contributed by atoms with Crippen molar-refractivity contribution in [2.24, 2.45) is 5.92 Å². The first-order chi connectivity index (χ1) is 13.5. The Morgan fingerprint density at radius 3 is 2.50 bits per heavy atom. The molecular formula is C22H26N2O4. The van der Waals surface area contributed by atoms with Gasteiger partial charge in [-0.05, 0) is 29.2 Å². The zero-order chi connectivity index (χ0) is 19.9. The minimum atomic E-state index is -0.868. The minimum Gasteiger partial charge on any atom is -0.481 e. The molecule has 0 aromatic heterocycles. The predicted molar refractivity (Wildman–Crippen MR) is 107 cm³/mol. The van der Waals surface area contributed by atoms with Crippen molar-refractivity contribution in [3.05, 3.63) is 48.0 Å². The average Bonchev–Trinajstić information content (AvgIpc) is 2.92. The molecule has 1 aliphatic rings. The number of hydrogen-bond acceptors (Lipinski definition) is 3. The second-order valence-corrected chi connectivity index (χ2v) is 7.35. The van der Waals surface area contributed by atoms with Crippen molar-refractivity contribution in [2.45, 2.75) is 44.6 Å². The van der Waals surface area contributed by atoms with E-state index in [-0.39, 0.29) is 30.8 Å². The number of carbonyl (C=O) groups is 3. The fourth-order valence-electron chi connectivity index (χ4n) is 3.89. The maximum Gasteiger partial charge on any atom is 0.308 e. The summed E-state index contributed by atoms with van der Waals surface area (Å²) >= 11 is 0. The average molecular weight is 382 g/mol. The van der Waals surface area contributed by atoms with Crippen LogP contribution in [0.2, 0.25) is 0 Å². The van der Waals surface area contributed by atoms with Crippen LogP contribution in [-0.2, 0) is 20.8 Å². The van der Waals surface area contributed by atoms with Gasteiger partial charge in [0.1, 0.15) is 0 Å². The number of aliphatic carboxylic acids is 1. The number of carboxylic acids is 1. The van der Waals surface area contributed by atoms with Gasteiger partial charge in [0.25, 0.3) is 0 Å². The molecule has 0 radical (unpaired) electrons. The van der Waals surface area contributed by atoms with Gasteiger partial charge in [-0.1, -0.05) is 61.7 Å². The standard InChI is InChI=1S/C22H26N2O4/c25-20(13-16-9-6-8-15-7-4-5-10-17(15)16)23-14-21(26)24-19-12-3-1-2-11-18(19)22(27)28/h4-10,18-19H,1-3,11-14H2,(H,23,25)(H,24,26)(H,27,28)/t18-,19+/m1/s1. The van der Waals surface area contributed by atoms with Crippen LogP contribution in [0, 0.1) is 5.92 Å². The Balaban J connectivity index is 1.53. The van der Waals surface area contributed by atoms with Crippen LogP contribution in [0.3, 0.4) is 0 Å². The lowest BCUT2D eigenvalue weighted by Crippen LogP contribution is -2.46. The summed E-state index contributed by atoms with van der Waals surface area (Å²) in [6, 6.07) is 13.3. The molecule has 0 unspecified atom stereocenters. The van der Waals surface area contributed by atoms with E-state index in [1.54, 1.807) is 0 Å². The summed E-state index contributed by atoms with van der Waals surface area (Å²) in [4.78, 5) is 36.0. The molecule has 2 aromatic rings. The van der Waals surface area contributed by atoms with Gasteiger partial charge < -0.3 is 15.7 Å². The number of amides is 2. The van der Waals surface area contributed by atoms with Crippen LogP contribution in [0.1, 0.15) is 37.7 Å². The van der Waals surface area contributed by atoms with E-state index in [1.165, 1.54) is 0 Å². The maximum absolute atomic E-state index is 12.3. The fourth-order valence-corrected chi connectivity index (χ4v) is 3.89. The Labute approximate surface area is 164 Å². The van der Waals surface area contributed by atoms with Crippen LogP contribution in [0.4, 0.5) is 0 Å². The third-order valence-corrected chi connectivity index (χ3v) is 5.36. The highest BCUT2D eigenvalue weighted by atomic mass is 16.4. The molecule has 0 heterocycles. The zero-order valence-electron chi connectivity index (χ0n) is 15.8. The molecule has 1 saturated carbocycles. The van der Waals surface area contributed by atoms with Crippen molar-refractivity contribution in [3.8, 4) is 0 Å². The van der Waals surface area contributed by atoms with Gasteiger partial charge in [-0.25, -0.2) is 0 Å². The Morgan fingerprint density at radius 1 is 0.929 bits per heavy atom. The number of carboxylic acid groups (broad SMARTS) is 1. The maximum atomic E-state index is 12.3. The van der Waals surface area contributed by atoms with Crippen molar-refractivity contribution in [1.82, 2.24) is 10.6 Å². The molecule has 2 amide bonds. The Hall–Kier alpha value is -2.89. The van der Waals surface area contributed by atoms with Gasteiger partial charge in [-0.15, -0.1) is 0 Å². The lowest BCUT2D eigenvalue weighted by molar-refractivity contribution is -0.143. The van der Waals surface area contributed by atoms with Gasteiger partial charge >= 0.3 is 5.97 Å². The number of nitrogens with one attached hydrogen (secondary N) is 2. The molecule has 6 heteroatoms. The third kappa shape index (κ3) is 5.09. The molecule has 0 aliphatic heterocycles. The summed E-state index contributed by atoms with van der Waals surface area (Å²) in [6.07, 6.45) is 4.18. The first kappa shape index (κ1) is 19.9. The molecule has 0 spiro atoms. The lowest BCUT2D eigenvalue weighted by Gasteiger charge is -2.23. The molecule has 0 saturated heterocycles. The first-order valence-corrected chi connectivity index (χ1v) is 9.80. The quantitative estimate of drug-likeness (QED) is 0.669. The Bertz CT molecular complexity index is 859. The molecule has 28 heavy (non-hydrogen) atoms. The number of benzene rings is 2. The van der Waals surface area contributed by atoms with E-state index < -0.39 is 11.9 Å². The van der Waals surface area contributed by atoms with Crippen molar-refractivity contribution < 1.29 is 19.5 Å². The Kier molecular flexibility index (Phi) is 6.63. The number of hydrogen-bond donors (Lipinski definition) is 3. The number of fused-ring (bicyclic) bond motifs is 1. The van der Waals surface area contributed by atoms with Crippen LogP contribution in [-0.4, -0.2) is 35.5 Å². The third-order valence-electron chi connectivity index (χ3n) is 5.36. The molecule has 3 rings (SSSR count).